The summed E-state index contributed by atoms with van der Waals surface area (Å²) in [6.07, 6.45) is 0.849. The van der Waals surface area contributed by atoms with Crippen LogP contribution in [-0.4, -0.2) is 60.1 Å². The smallest absolute Gasteiger partial charge is 0.335 e. The highest BCUT2D eigenvalue weighted by atomic mass is 19.1. The summed E-state index contributed by atoms with van der Waals surface area (Å²) in [5.41, 5.74) is -0.181. The van der Waals surface area contributed by atoms with E-state index >= 15 is 0 Å². The van der Waals surface area contributed by atoms with Gasteiger partial charge in [0.15, 0.2) is 0 Å². The number of hydrogen-bond donors (Lipinski definition) is 2. The van der Waals surface area contributed by atoms with Gasteiger partial charge in [-0.2, -0.15) is 0 Å². The number of urea groups is 1. The van der Waals surface area contributed by atoms with Gasteiger partial charge in [-0.15, -0.1) is 0 Å². The number of rotatable bonds is 2. The first-order valence-corrected chi connectivity index (χ1v) is 6.74. The predicted molar refractivity (Wildman–Crippen MR) is 76.1 cm³/mol. The van der Waals surface area contributed by atoms with Crippen molar-refractivity contribution >= 4 is 17.7 Å². The standard InChI is InChI=1S/C14H18FN3O3/c1-17-5-2-6-18(8-7-17)14(21)16-12-9-10(13(19)20)3-4-11(12)15/h3-4,9H,2,5-8H2,1H3,(H,16,21)(H,19,20). The van der Waals surface area contributed by atoms with Gasteiger partial charge in [0.1, 0.15) is 5.82 Å². The van der Waals surface area contributed by atoms with Crippen molar-refractivity contribution in [2.75, 3.05) is 38.5 Å². The molecule has 1 heterocycles. The number of hydrogen-bond acceptors (Lipinski definition) is 3. The normalized spacial score (nSPS) is 16.4. The second-order valence-electron chi connectivity index (χ2n) is 5.07. The zero-order valence-electron chi connectivity index (χ0n) is 11.8. The Morgan fingerprint density at radius 2 is 2.00 bits per heavy atom. The number of anilines is 1. The average Bonchev–Trinajstić information content (AvgIpc) is 2.65. The molecule has 21 heavy (non-hydrogen) atoms. The number of carboxylic acids is 1. The highest BCUT2D eigenvalue weighted by Crippen LogP contribution is 2.17. The Bertz CT molecular complexity index is 550. The summed E-state index contributed by atoms with van der Waals surface area (Å²) in [5.74, 6) is -1.82. The van der Waals surface area contributed by atoms with E-state index in [0.29, 0.717) is 13.1 Å². The van der Waals surface area contributed by atoms with Crippen LogP contribution in [0, 0.1) is 5.82 Å². The molecule has 0 aromatic heterocycles. The summed E-state index contributed by atoms with van der Waals surface area (Å²) in [4.78, 5) is 26.8. The minimum atomic E-state index is -1.16. The van der Waals surface area contributed by atoms with Crippen molar-refractivity contribution in [1.82, 2.24) is 9.80 Å². The Morgan fingerprint density at radius 3 is 2.71 bits per heavy atom. The van der Waals surface area contributed by atoms with Crippen LogP contribution in [-0.2, 0) is 0 Å². The third-order valence-electron chi connectivity index (χ3n) is 3.46. The quantitative estimate of drug-likeness (QED) is 0.871. The molecule has 2 rings (SSSR count). The number of nitrogens with zero attached hydrogens (tertiary/aromatic N) is 2. The lowest BCUT2D eigenvalue weighted by Crippen LogP contribution is -2.37. The first-order chi connectivity index (χ1) is 9.97. The van der Waals surface area contributed by atoms with Crippen LogP contribution in [0.25, 0.3) is 0 Å². The van der Waals surface area contributed by atoms with Gasteiger partial charge in [0.2, 0.25) is 0 Å². The molecule has 0 atom stereocenters. The molecule has 2 N–H and O–H groups in total. The summed E-state index contributed by atoms with van der Waals surface area (Å²) in [7, 11) is 1.98. The van der Waals surface area contributed by atoms with E-state index in [-0.39, 0.29) is 11.3 Å². The van der Waals surface area contributed by atoms with Crippen LogP contribution >= 0.6 is 0 Å². The van der Waals surface area contributed by atoms with Crippen molar-refractivity contribution in [3.63, 3.8) is 0 Å². The number of benzene rings is 1. The number of carbonyl (C=O) groups excluding carboxylic acids is 1. The molecule has 7 heteroatoms. The number of amides is 2. The van der Waals surface area contributed by atoms with E-state index in [4.69, 9.17) is 5.11 Å². The van der Waals surface area contributed by atoms with Crippen molar-refractivity contribution in [2.24, 2.45) is 0 Å². The molecule has 114 valence electrons. The second kappa shape index (κ2) is 6.53. The van der Waals surface area contributed by atoms with Gasteiger partial charge in [0, 0.05) is 19.6 Å². The maximum atomic E-state index is 13.7. The van der Waals surface area contributed by atoms with Gasteiger partial charge in [-0.1, -0.05) is 0 Å². The fourth-order valence-electron chi connectivity index (χ4n) is 2.20. The maximum absolute atomic E-state index is 13.7. The molecule has 1 aliphatic rings. The molecule has 6 nitrogen and oxygen atoms in total. The summed E-state index contributed by atoms with van der Waals surface area (Å²) in [6.45, 7) is 2.82. The Labute approximate surface area is 122 Å². The molecule has 0 saturated carbocycles. The molecule has 1 aromatic rings. The summed E-state index contributed by atoms with van der Waals surface area (Å²) in [6, 6.07) is 2.91. The van der Waals surface area contributed by atoms with Gasteiger partial charge in [-0.3, -0.25) is 0 Å². The molecular formula is C14H18FN3O3. The molecule has 0 unspecified atom stereocenters. The number of likely N-dealkylation sites (N-methyl/N-ethyl adjacent to an activating group) is 1. The lowest BCUT2D eigenvalue weighted by molar-refractivity contribution is 0.0697. The van der Waals surface area contributed by atoms with Crippen LogP contribution < -0.4 is 5.32 Å². The van der Waals surface area contributed by atoms with Gasteiger partial charge >= 0.3 is 12.0 Å². The fraction of sp³-hybridized carbons (Fsp3) is 0.429. The number of carboxylic acid groups (broad SMARTS) is 1. The molecule has 0 bridgehead atoms. The first-order valence-electron chi connectivity index (χ1n) is 6.74. The molecule has 0 spiro atoms. The molecular weight excluding hydrogens is 277 g/mol. The van der Waals surface area contributed by atoms with Crippen LogP contribution in [0.2, 0.25) is 0 Å². The lowest BCUT2D eigenvalue weighted by atomic mass is 10.2. The monoisotopic (exact) mass is 295 g/mol. The molecule has 1 aliphatic heterocycles. The van der Waals surface area contributed by atoms with Crippen LogP contribution in [0.3, 0.4) is 0 Å². The average molecular weight is 295 g/mol. The molecule has 1 fully saturated rings. The van der Waals surface area contributed by atoms with Crippen LogP contribution in [0.4, 0.5) is 14.9 Å². The van der Waals surface area contributed by atoms with Gasteiger partial charge < -0.3 is 20.2 Å². The van der Waals surface area contributed by atoms with Gasteiger partial charge in [-0.25, -0.2) is 14.0 Å². The fourth-order valence-corrected chi connectivity index (χ4v) is 2.20. The van der Waals surface area contributed by atoms with E-state index in [0.717, 1.165) is 37.7 Å². The molecule has 1 aromatic carbocycles. The van der Waals surface area contributed by atoms with Crippen molar-refractivity contribution in [3.8, 4) is 0 Å². The highest BCUT2D eigenvalue weighted by molar-refractivity contribution is 5.93. The van der Waals surface area contributed by atoms with Crippen molar-refractivity contribution < 1.29 is 19.1 Å². The minimum Gasteiger partial charge on any atom is -0.478 e. The molecule has 0 aliphatic carbocycles. The van der Waals surface area contributed by atoms with Crippen LogP contribution in [0.15, 0.2) is 18.2 Å². The minimum absolute atomic E-state index is 0.0673. The van der Waals surface area contributed by atoms with Gasteiger partial charge in [0.05, 0.1) is 11.3 Å². The number of halogens is 1. The van der Waals surface area contributed by atoms with Crippen molar-refractivity contribution in [1.29, 1.82) is 0 Å². The van der Waals surface area contributed by atoms with E-state index in [9.17, 15) is 14.0 Å². The maximum Gasteiger partial charge on any atom is 0.335 e. The summed E-state index contributed by atoms with van der Waals surface area (Å²) < 4.78 is 13.7. The first kappa shape index (κ1) is 15.2. The van der Waals surface area contributed by atoms with Crippen LogP contribution in [0.5, 0.6) is 0 Å². The summed E-state index contributed by atoms with van der Waals surface area (Å²) in [5, 5.41) is 11.3. The van der Waals surface area contributed by atoms with E-state index in [1.54, 1.807) is 4.90 Å². The summed E-state index contributed by atoms with van der Waals surface area (Å²) >= 11 is 0. The zero-order valence-corrected chi connectivity index (χ0v) is 11.8. The Hall–Kier alpha value is -2.15. The van der Waals surface area contributed by atoms with Crippen LogP contribution in [0.1, 0.15) is 16.8 Å². The Kier molecular flexibility index (Phi) is 4.74. The molecule has 2 amide bonds. The van der Waals surface area contributed by atoms with Crippen molar-refractivity contribution in [2.45, 2.75) is 6.42 Å². The molecule has 1 saturated heterocycles. The molecule has 0 radical (unpaired) electrons. The second-order valence-corrected chi connectivity index (χ2v) is 5.07. The lowest BCUT2D eigenvalue weighted by Gasteiger charge is -2.21. The van der Waals surface area contributed by atoms with Gasteiger partial charge in [-0.05, 0) is 38.2 Å². The number of nitrogens with one attached hydrogen (secondary N) is 1. The van der Waals surface area contributed by atoms with E-state index in [1.807, 2.05) is 7.05 Å². The van der Waals surface area contributed by atoms with Crippen molar-refractivity contribution in [3.05, 3.63) is 29.6 Å². The largest absolute Gasteiger partial charge is 0.478 e. The van der Waals surface area contributed by atoms with E-state index in [2.05, 4.69) is 10.2 Å². The third kappa shape index (κ3) is 3.91. The topological polar surface area (TPSA) is 72.9 Å². The number of carbonyl (C=O) groups is 2. The zero-order chi connectivity index (χ0) is 15.4. The number of aromatic carboxylic acids is 1. The third-order valence-corrected chi connectivity index (χ3v) is 3.46. The highest BCUT2D eigenvalue weighted by Gasteiger charge is 2.19. The van der Waals surface area contributed by atoms with E-state index < -0.39 is 17.8 Å². The SMILES string of the molecule is CN1CCCN(C(=O)Nc2cc(C(=O)O)ccc2F)CC1. The Morgan fingerprint density at radius 1 is 1.24 bits per heavy atom. The van der Waals surface area contributed by atoms with E-state index in [1.165, 1.54) is 0 Å². The predicted octanol–water partition coefficient (Wildman–Crippen LogP) is 1.69. The van der Waals surface area contributed by atoms with Gasteiger partial charge in [0.25, 0.3) is 0 Å². The Balaban J connectivity index is 2.08.